The summed E-state index contributed by atoms with van der Waals surface area (Å²) in [6, 6.07) is 18.2. The van der Waals surface area contributed by atoms with Gasteiger partial charge in [-0.05, 0) is 48.0 Å². The summed E-state index contributed by atoms with van der Waals surface area (Å²) in [5.41, 5.74) is 0.611. The van der Waals surface area contributed by atoms with Crippen LogP contribution in [0.15, 0.2) is 82.2 Å². The van der Waals surface area contributed by atoms with Crippen LogP contribution in [0.25, 0.3) is 0 Å². The van der Waals surface area contributed by atoms with Crippen LogP contribution in [0, 0.1) is 5.82 Å². The molecule has 0 bridgehead atoms. The molecule has 3 aromatic carbocycles. The number of nitrogens with one attached hydrogen (secondary N) is 1. The summed E-state index contributed by atoms with van der Waals surface area (Å²) in [5.74, 6) is -0.524. The molecular weight excluding hydrogens is 499 g/mol. The van der Waals surface area contributed by atoms with E-state index in [-0.39, 0.29) is 17.0 Å². The van der Waals surface area contributed by atoms with Crippen molar-refractivity contribution in [1.82, 2.24) is 4.31 Å². The molecule has 32 heavy (non-hydrogen) atoms. The molecule has 9 heteroatoms. The standard InChI is InChI=1S/C23H22BrFN2O4S/c1-27(32(29,30)19-6-4-3-5-7-19)22(16-8-11-18(31-2)12-9-16)15-23(28)26-21-13-10-17(24)14-20(21)25/h3-14,22H,15H2,1-2H3,(H,26,28)/t22-/m0/s1. The zero-order chi connectivity index (χ0) is 23.3. The number of sulfonamides is 1. The summed E-state index contributed by atoms with van der Waals surface area (Å²) in [6.45, 7) is 0. The van der Waals surface area contributed by atoms with Crippen molar-refractivity contribution in [1.29, 1.82) is 0 Å². The molecule has 0 spiro atoms. The second kappa shape index (κ2) is 10.2. The molecule has 0 aliphatic rings. The summed E-state index contributed by atoms with van der Waals surface area (Å²) < 4.78 is 47.4. The van der Waals surface area contributed by atoms with Gasteiger partial charge in [-0.2, -0.15) is 4.31 Å². The van der Waals surface area contributed by atoms with Crippen LogP contribution in [-0.2, 0) is 14.8 Å². The average Bonchev–Trinajstić information content (AvgIpc) is 2.79. The first-order chi connectivity index (χ1) is 15.2. The number of amides is 1. The maximum absolute atomic E-state index is 14.2. The fourth-order valence-electron chi connectivity index (χ4n) is 3.18. The fraction of sp³-hybridized carbons (Fsp3) is 0.174. The molecule has 0 aliphatic heterocycles. The smallest absolute Gasteiger partial charge is 0.243 e. The summed E-state index contributed by atoms with van der Waals surface area (Å²) in [7, 11) is -0.945. The molecule has 1 atom stereocenters. The molecule has 0 saturated carbocycles. The minimum absolute atomic E-state index is 0.0141. The third-order valence-corrected chi connectivity index (χ3v) is 7.32. The number of rotatable bonds is 8. The van der Waals surface area contributed by atoms with Crippen LogP contribution >= 0.6 is 15.9 Å². The molecule has 0 saturated heterocycles. The molecule has 0 aromatic heterocycles. The molecule has 1 amide bonds. The molecule has 0 aliphatic carbocycles. The van der Waals surface area contributed by atoms with Gasteiger partial charge in [0, 0.05) is 17.9 Å². The largest absolute Gasteiger partial charge is 0.497 e. The maximum Gasteiger partial charge on any atom is 0.243 e. The van der Waals surface area contributed by atoms with Gasteiger partial charge in [0.2, 0.25) is 15.9 Å². The van der Waals surface area contributed by atoms with E-state index in [9.17, 15) is 17.6 Å². The van der Waals surface area contributed by atoms with E-state index in [1.165, 1.54) is 38.4 Å². The Bertz CT molecular complexity index is 1190. The number of methoxy groups -OCH3 is 1. The first-order valence-electron chi connectivity index (χ1n) is 9.64. The Hall–Kier alpha value is -2.75. The molecule has 0 radical (unpaired) electrons. The van der Waals surface area contributed by atoms with Crippen molar-refractivity contribution in [3.8, 4) is 5.75 Å². The molecule has 3 aromatic rings. The minimum atomic E-state index is -3.89. The molecule has 6 nitrogen and oxygen atoms in total. The van der Waals surface area contributed by atoms with E-state index in [2.05, 4.69) is 21.2 Å². The van der Waals surface area contributed by atoms with Gasteiger partial charge in [-0.25, -0.2) is 12.8 Å². The van der Waals surface area contributed by atoms with E-state index < -0.39 is 27.8 Å². The highest BCUT2D eigenvalue weighted by Gasteiger charge is 2.31. The number of carbonyl (C=O) groups excluding carboxylic acids is 1. The second-order valence-corrected chi connectivity index (χ2v) is 9.91. The van der Waals surface area contributed by atoms with E-state index in [1.807, 2.05) is 0 Å². The number of carbonyl (C=O) groups is 1. The predicted molar refractivity (Wildman–Crippen MR) is 124 cm³/mol. The SMILES string of the molecule is COc1ccc([C@H](CC(=O)Nc2ccc(Br)cc2F)N(C)S(=O)(=O)c2ccccc2)cc1. The predicted octanol–water partition coefficient (Wildman–Crippen LogP) is 4.99. The lowest BCUT2D eigenvalue weighted by atomic mass is 10.0. The van der Waals surface area contributed by atoms with Crippen LogP contribution in [0.4, 0.5) is 10.1 Å². The number of anilines is 1. The van der Waals surface area contributed by atoms with Crippen LogP contribution in [0.3, 0.4) is 0 Å². The molecule has 0 fully saturated rings. The minimum Gasteiger partial charge on any atom is -0.497 e. The number of ether oxygens (including phenoxy) is 1. The third-order valence-electron chi connectivity index (χ3n) is 4.94. The van der Waals surface area contributed by atoms with Gasteiger partial charge >= 0.3 is 0 Å². The van der Waals surface area contributed by atoms with E-state index in [4.69, 9.17) is 4.74 Å². The van der Waals surface area contributed by atoms with E-state index in [0.717, 1.165) is 4.31 Å². The number of nitrogens with zero attached hydrogens (tertiary/aromatic N) is 1. The van der Waals surface area contributed by atoms with Gasteiger partial charge < -0.3 is 10.1 Å². The van der Waals surface area contributed by atoms with Crippen molar-refractivity contribution in [2.24, 2.45) is 0 Å². The zero-order valence-electron chi connectivity index (χ0n) is 17.5. The lowest BCUT2D eigenvalue weighted by molar-refractivity contribution is -0.117. The molecule has 0 heterocycles. The van der Waals surface area contributed by atoms with E-state index in [0.29, 0.717) is 15.8 Å². The van der Waals surface area contributed by atoms with Gasteiger partial charge in [0.1, 0.15) is 11.6 Å². The van der Waals surface area contributed by atoms with Crippen LogP contribution in [0.5, 0.6) is 5.75 Å². The van der Waals surface area contributed by atoms with Gasteiger partial charge in [-0.15, -0.1) is 0 Å². The second-order valence-electron chi connectivity index (χ2n) is 7.00. The molecular formula is C23H22BrFN2O4S. The molecule has 1 N–H and O–H groups in total. The van der Waals surface area contributed by atoms with Gasteiger partial charge in [0.25, 0.3) is 0 Å². The Balaban J connectivity index is 1.92. The fourth-order valence-corrected chi connectivity index (χ4v) is 4.87. The van der Waals surface area contributed by atoms with Crippen molar-refractivity contribution in [2.45, 2.75) is 17.4 Å². The molecule has 3 rings (SSSR count). The molecule has 168 valence electrons. The van der Waals surface area contributed by atoms with Gasteiger partial charge in [-0.3, -0.25) is 4.79 Å². The van der Waals surface area contributed by atoms with Crippen LogP contribution in [-0.4, -0.2) is 32.8 Å². The highest BCUT2D eigenvalue weighted by atomic mass is 79.9. The zero-order valence-corrected chi connectivity index (χ0v) is 19.9. The third kappa shape index (κ3) is 5.53. The Morgan fingerprint density at radius 3 is 2.34 bits per heavy atom. The summed E-state index contributed by atoms with van der Waals surface area (Å²) in [6.07, 6.45) is -0.218. The van der Waals surface area contributed by atoms with Crippen LogP contribution < -0.4 is 10.1 Å². The topological polar surface area (TPSA) is 75.7 Å². The Morgan fingerprint density at radius 2 is 1.75 bits per heavy atom. The highest BCUT2D eigenvalue weighted by Crippen LogP contribution is 2.31. The number of hydrogen-bond acceptors (Lipinski definition) is 4. The van der Waals surface area contributed by atoms with Crippen LogP contribution in [0.1, 0.15) is 18.0 Å². The highest BCUT2D eigenvalue weighted by molar-refractivity contribution is 9.10. The normalized spacial score (nSPS) is 12.4. The summed E-state index contributed by atoms with van der Waals surface area (Å²) in [4.78, 5) is 12.9. The number of halogens is 2. The maximum atomic E-state index is 14.2. The monoisotopic (exact) mass is 520 g/mol. The van der Waals surface area contributed by atoms with Gasteiger partial charge in [0.15, 0.2) is 0 Å². The van der Waals surface area contributed by atoms with Crippen LogP contribution in [0.2, 0.25) is 0 Å². The van der Waals surface area contributed by atoms with Crippen molar-refractivity contribution in [2.75, 3.05) is 19.5 Å². The Morgan fingerprint density at radius 1 is 1.09 bits per heavy atom. The lowest BCUT2D eigenvalue weighted by Gasteiger charge is -2.28. The van der Waals surface area contributed by atoms with E-state index in [1.54, 1.807) is 48.5 Å². The van der Waals surface area contributed by atoms with Crippen molar-refractivity contribution >= 4 is 37.5 Å². The first kappa shape index (κ1) is 23.9. The summed E-state index contributed by atoms with van der Waals surface area (Å²) >= 11 is 3.17. The first-order valence-corrected chi connectivity index (χ1v) is 11.9. The van der Waals surface area contributed by atoms with E-state index >= 15 is 0 Å². The van der Waals surface area contributed by atoms with Gasteiger partial charge in [0.05, 0.1) is 23.7 Å². The number of hydrogen-bond donors (Lipinski definition) is 1. The lowest BCUT2D eigenvalue weighted by Crippen LogP contribution is -2.34. The Labute approximate surface area is 195 Å². The van der Waals surface area contributed by atoms with Gasteiger partial charge in [-0.1, -0.05) is 46.3 Å². The molecule has 0 unspecified atom stereocenters. The quantitative estimate of drug-likeness (QED) is 0.454. The summed E-state index contributed by atoms with van der Waals surface area (Å²) in [5, 5.41) is 2.53. The van der Waals surface area contributed by atoms with Crippen molar-refractivity contribution < 1.29 is 22.3 Å². The number of benzene rings is 3. The van der Waals surface area contributed by atoms with Crippen molar-refractivity contribution in [3.63, 3.8) is 0 Å². The Kier molecular flexibility index (Phi) is 7.65. The average molecular weight is 521 g/mol. The van der Waals surface area contributed by atoms with Crippen molar-refractivity contribution in [3.05, 3.63) is 88.6 Å².